The van der Waals surface area contributed by atoms with Crippen LogP contribution in [0.4, 0.5) is 5.69 Å². The average Bonchev–Trinajstić information content (AvgIpc) is 2.91. The van der Waals surface area contributed by atoms with E-state index in [1.165, 1.54) is 19.8 Å². The van der Waals surface area contributed by atoms with Crippen LogP contribution in [0.1, 0.15) is 11.1 Å². The second kappa shape index (κ2) is 4.89. The van der Waals surface area contributed by atoms with E-state index in [0.29, 0.717) is 11.5 Å². The molecule has 1 aliphatic rings. The Labute approximate surface area is 117 Å². The van der Waals surface area contributed by atoms with Crippen LogP contribution in [0.25, 0.3) is 0 Å². The Morgan fingerprint density at radius 2 is 1.70 bits per heavy atom. The number of methoxy groups -OCH3 is 2. The molecule has 0 saturated carbocycles. The van der Waals surface area contributed by atoms with Crippen molar-refractivity contribution in [2.45, 2.75) is 6.42 Å². The Morgan fingerprint density at radius 3 is 2.30 bits per heavy atom. The molecular weight excluding hydrogens is 254 g/mol. The molecule has 0 bridgehead atoms. The first-order valence-electron chi connectivity index (χ1n) is 6.33. The van der Waals surface area contributed by atoms with Gasteiger partial charge in [-0.25, -0.2) is 0 Å². The van der Waals surface area contributed by atoms with Gasteiger partial charge in [-0.3, -0.25) is 4.99 Å². The second-order valence-electron chi connectivity index (χ2n) is 4.59. The van der Waals surface area contributed by atoms with Gasteiger partial charge in [-0.1, -0.05) is 18.2 Å². The largest absolute Gasteiger partial charge is 0.502 e. The molecule has 0 aromatic heterocycles. The summed E-state index contributed by atoms with van der Waals surface area (Å²) >= 11 is 0. The number of phenolic OH excluding ortho intramolecular Hbond substituents is 1. The van der Waals surface area contributed by atoms with E-state index in [1.54, 1.807) is 12.1 Å². The molecule has 20 heavy (non-hydrogen) atoms. The molecule has 3 rings (SSSR count). The van der Waals surface area contributed by atoms with E-state index in [2.05, 4.69) is 11.1 Å². The Bertz CT molecular complexity index is 667. The van der Waals surface area contributed by atoms with Gasteiger partial charge < -0.3 is 14.6 Å². The molecule has 1 aliphatic heterocycles. The zero-order chi connectivity index (χ0) is 14.1. The molecule has 0 amide bonds. The summed E-state index contributed by atoms with van der Waals surface area (Å²) in [5.74, 6) is 0.783. The average molecular weight is 269 g/mol. The highest BCUT2D eigenvalue weighted by atomic mass is 16.5. The number of hydrogen-bond donors (Lipinski definition) is 1. The molecule has 2 aromatic carbocycles. The molecule has 0 unspecified atom stereocenters. The normalized spacial score (nSPS) is 12.8. The van der Waals surface area contributed by atoms with Crippen LogP contribution < -0.4 is 9.47 Å². The van der Waals surface area contributed by atoms with Gasteiger partial charge in [-0.15, -0.1) is 0 Å². The van der Waals surface area contributed by atoms with Gasteiger partial charge in [0.2, 0.25) is 5.75 Å². The number of aromatic hydroxyl groups is 1. The van der Waals surface area contributed by atoms with Gasteiger partial charge in [-0.2, -0.15) is 0 Å². The van der Waals surface area contributed by atoms with E-state index in [-0.39, 0.29) is 5.75 Å². The fourth-order valence-electron chi connectivity index (χ4n) is 2.36. The van der Waals surface area contributed by atoms with Crippen molar-refractivity contribution in [1.29, 1.82) is 0 Å². The molecular formula is C16H15NO3. The number of phenols is 1. The Morgan fingerprint density at radius 1 is 1.05 bits per heavy atom. The molecule has 0 radical (unpaired) electrons. The van der Waals surface area contributed by atoms with Crippen LogP contribution >= 0.6 is 0 Å². The quantitative estimate of drug-likeness (QED) is 0.931. The van der Waals surface area contributed by atoms with Crippen molar-refractivity contribution in [1.82, 2.24) is 0 Å². The lowest BCUT2D eigenvalue weighted by Gasteiger charge is -2.11. The number of para-hydroxylation sites is 1. The van der Waals surface area contributed by atoms with Crippen LogP contribution in [0.2, 0.25) is 0 Å². The number of nitrogens with zero attached hydrogens (tertiary/aromatic N) is 1. The summed E-state index contributed by atoms with van der Waals surface area (Å²) in [7, 11) is 3.03. The highest BCUT2D eigenvalue weighted by molar-refractivity contribution is 6.07. The third-order valence-electron chi connectivity index (χ3n) is 3.42. The standard InChI is InChI=1S/C16H15NO3/c1-19-14-8-11(9-15(20-2)16(14)18)13-7-10-5-3-4-6-12(10)17-13/h3-6,8-9,18H,7H2,1-2H3. The maximum Gasteiger partial charge on any atom is 0.200 e. The zero-order valence-corrected chi connectivity index (χ0v) is 11.4. The highest BCUT2D eigenvalue weighted by Gasteiger charge is 2.19. The third-order valence-corrected chi connectivity index (χ3v) is 3.42. The number of rotatable bonds is 3. The topological polar surface area (TPSA) is 51.0 Å². The molecule has 4 heteroatoms. The van der Waals surface area contributed by atoms with Gasteiger partial charge in [0.05, 0.1) is 25.6 Å². The van der Waals surface area contributed by atoms with Crippen LogP contribution in [0.3, 0.4) is 0 Å². The molecule has 0 aliphatic carbocycles. The number of hydrogen-bond acceptors (Lipinski definition) is 4. The monoisotopic (exact) mass is 269 g/mol. The van der Waals surface area contributed by atoms with Gasteiger partial charge in [-0.05, 0) is 23.8 Å². The molecule has 0 spiro atoms. The minimum atomic E-state index is 0.00913. The zero-order valence-electron chi connectivity index (χ0n) is 11.4. The molecule has 0 atom stereocenters. The molecule has 1 N–H and O–H groups in total. The molecule has 4 nitrogen and oxygen atoms in total. The summed E-state index contributed by atoms with van der Waals surface area (Å²) in [5.41, 5.74) is 4.04. The Hall–Kier alpha value is -2.49. The van der Waals surface area contributed by atoms with Crippen molar-refractivity contribution >= 4 is 11.4 Å². The lowest BCUT2D eigenvalue weighted by molar-refractivity contribution is 0.340. The minimum Gasteiger partial charge on any atom is -0.502 e. The maximum absolute atomic E-state index is 9.94. The summed E-state index contributed by atoms with van der Waals surface area (Å²) in [6.45, 7) is 0. The number of aliphatic imine (C=N–C) groups is 1. The molecule has 1 heterocycles. The summed E-state index contributed by atoms with van der Waals surface area (Å²) in [4.78, 5) is 4.63. The first-order valence-corrected chi connectivity index (χ1v) is 6.33. The second-order valence-corrected chi connectivity index (χ2v) is 4.59. The highest BCUT2D eigenvalue weighted by Crippen LogP contribution is 2.39. The van der Waals surface area contributed by atoms with Crippen LogP contribution in [0, 0.1) is 0 Å². The van der Waals surface area contributed by atoms with Gasteiger partial charge in [0.25, 0.3) is 0 Å². The van der Waals surface area contributed by atoms with Crippen LogP contribution in [-0.2, 0) is 6.42 Å². The van der Waals surface area contributed by atoms with Crippen molar-refractivity contribution in [3.63, 3.8) is 0 Å². The molecule has 0 saturated heterocycles. The van der Waals surface area contributed by atoms with Crippen molar-refractivity contribution in [3.05, 3.63) is 47.5 Å². The van der Waals surface area contributed by atoms with Crippen LogP contribution in [0.5, 0.6) is 17.2 Å². The van der Waals surface area contributed by atoms with Crippen LogP contribution in [0.15, 0.2) is 41.4 Å². The first-order chi connectivity index (χ1) is 9.72. The lowest BCUT2D eigenvalue weighted by Crippen LogP contribution is -2.02. The van der Waals surface area contributed by atoms with Gasteiger partial charge >= 0.3 is 0 Å². The predicted octanol–water partition coefficient (Wildman–Crippen LogP) is 3.09. The minimum absolute atomic E-state index is 0.00913. The Kier molecular flexibility index (Phi) is 3.06. The fourth-order valence-corrected chi connectivity index (χ4v) is 2.36. The van der Waals surface area contributed by atoms with Crippen molar-refractivity contribution in [2.75, 3.05) is 14.2 Å². The van der Waals surface area contributed by atoms with Crippen molar-refractivity contribution in [3.8, 4) is 17.2 Å². The smallest absolute Gasteiger partial charge is 0.200 e. The first kappa shape index (κ1) is 12.5. The van der Waals surface area contributed by atoms with Gasteiger partial charge in [0, 0.05) is 12.0 Å². The van der Waals surface area contributed by atoms with E-state index in [1.807, 2.05) is 18.2 Å². The van der Waals surface area contributed by atoms with Crippen LogP contribution in [-0.4, -0.2) is 25.0 Å². The van der Waals surface area contributed by atoms with Gasteiger partial charge in [0.1, 0.15) is 0 Å². The molecule has 0 fully saturated rings. The SMILES string of the molecule is COc1cc(C2=Nc3ccccc3C2)cc(OC)c1O. The van der Waals surface area contributed by atoms with E-state index in [0.717, 1.165) is 23.4 Å². The summed E-state index contributed by atoms with van der Waals surface area (Å²) in [6.07, 6.45) is 0.771. The number of ether oxygens (including phenoxy) is 2. The summed E-state index contributed by atoms with van der Waals surface area (Å²) in [5, 5.41) is 9.94. The van der Waals surface area contributed by atoms with E-state index in [9.17, 15) is 5.11 Å². The fraction of sp³-hybridized carbons (Fsp3) is 0.188. The Balaban J connectivity index is 2.05. The summed E-state index contributed by atoms with van der Waals surface area (Å²) in [6, 6.07) is 11.6. The number of fused-ring (bicyclic) bond motifs is 1. The van der Waals surface area contributed by atoms with E-state index < -0.39 is 0 Å². The van der Waals surface area contributed by atoms with Crippen molar-refractivity contribution < 1.29 is 14.6 Å². The van der Waals surface area contributed by atoms with Gasteiger partial charge in [0.15, 0.2) is 11.5 Å². The van der Waals surface area contributed by atoms with E-state index >= 15 is 0 Å². The predicted molar refractivity (Wildman–Crippen MR) is 77.6 cm³/mol. The molecule has 2 aromatic rings. The lowest BCUT2D eigenvalue weighted by atomic mass is 10.0. The summed E-state index contributed by atoms with van der Waals surface area (Å²) < 4.78 is 10.4. The third kappa shape index (κ3) is 1.99. The van der Waals surface area contributed by atoms with E-state index in [4.69, 9.17) is 9.47 Å². The maximum atomic E-state index is 9.94. The van der Waals surface area contributed by atoms with Crippen molar-refractivity contribution in [2.24, 2.45) is 4.99 Å². The molecule has 102 valence electrons. The number of benzene rings is 2.